The molecule has 1 saturated heterocycles. The van der Waals surface area contributed by atoms with Crippen molar-refractivity contribution in [3.63, 3.8) is 0 Å². The topological polar surface area (TPSA) is 89.8 Å². The molecule has 1 amide bonds. The third kappa shape index (κ3) is 4.57. The molecule has 2 heterocycles. The van der Waals surface area contributed by atoms with Crippen LogP contribution in [0.25, 0.3) is 5.69 Å². The van der Waals surface area contributed by atoms with E-state index in [0.29, 0.717) is 36.2 Å². The van der Waals surface area contributed by atoms with Crippen molar-refractivity contribution in [1.82, 2.24) is 4.57 Å². The van der Waals surface area contributed by atoms with E-state index < -0.39 is 47.5 Å². The molecule has 0 spiro atoms. The number of amides is 1. The highest BCUT2D eigenvalue weighted by Gasteiger charge is 2.52. The Hall–Kier alpha value is -3.34. The Balaban J connectivity index is 1.47. The van der Waals surface area contributed by atoms with E-state index in [1.54, 1.807) is 0 Å². The fourth-order valence-corrected chi connectivity index (χ4v) is 4.83. The first-order valence-electron chi connectivity index (χ1n) is 12.6. The molecule has 0 saturated carbocycles. The number of pyridine rings is 1. The van der Waals surface area contributed by atoms with Crippen LogP contribution in [0.4, 0.5) is 14.5 Å². The highest BCUT2D eigenvalue weighted by molar-refractivity contribution is 6.62. The highest BCUT2D eigenvalue weighted by atomic mass is 19.1. The molecule has 0 bridgehead atoms. The van der Waals surface area contributed by atoms with Crippen molar-refractivity contribution >= 4 is 24.2 Å². The number of halogens is 2. The zero-order valence-corrected chi connectivity index (χ0v) is 21.7. The number of rotatable bonds is 4. The van der Waals surface area contributed by atoms with Gasteiger partial charge in [0.05, 0.1) is 17.3 Å². The van der Waals surface area contributed by atoms with Gasteiger partial charge in [-0.15, -0.1) is 0 Å². The van der Waals surface area contributed by atoms with Crippen LogP contribution in [0.3, 0.4) is 0 Å². The van der Waals surface area contributed by atoms with E-state index in [2.05, 4.69) is 5.32 Å². The minimum atomic E-state index is -0.908. The molecule has 1 aromatic heterocycles. The summed E-state index contributed by atoms with van der Waals surface area (Å²) in [5.74, 6) is -1.85. The third-order valence-corrected chi connectivity index (χ3v) is 7.68. The molecule has 198 valence electrons. The van der Waals surface area contributed by atoms with Gasteiger partial charge < -0.3 is 19.7 Å². The molecule has 10 heteroatoms. The van der Waals surface area contributed by atoms with E-state index in [0.717, 1.165) is 6.07 Å². The van der Waals surface area contributed by atoms with E-state index in [-0.39, 0.29) is 16.7 Å². The molecular weight excluding hydrogens is 493 g/mol. The fraction of sp³-hybridized carbons (Fsp3) is 0.357. The normalized spacial score (nSPS) is 19.8. The van der Waals surface area contributed by atoms with Crippen LogP contribution in [0.5, 0.6) is 0 Å². The van der Waals surface area contributed by atoms with Crippen molar-refractivity contribution in [2.75, 3.05) is 5.32 Å². The fourth-order valence-electron chi connectivity index (χ4n) is 4.83. The molecule has 38 heavy (non-hydrogen) atoms. The smallest absolute Gasteiger partial charge is 0.399 e. The molecule has 7 nitrogen and oxygen atoms in total. The largest absolute Gasteiger partial charge is 0.497 e. The molecule has 0 radical (unpaired) electrons. The van der Waals surface area contributed by atoms with Gasteiger partial charge in [-0.1, -0.05) is 6.07 Å². The Morgan fingerprint density at radius 2 is 1.71 bits per heavy atom. The Kier molecular flexibility index (Phi) is 6.53. The number of nitrogens with one attached hydrogen (secondary N) is 1. The number of carbonyl (C=O) groups excluding carboxylic acids is 1. The number of hydrogen-bond donors (Lipinski definition) is 2. The van der Waals surface area contributed by atoms with Gasteiger partial charge in [-0.25, -0.2) is 8.78 Å². The monoisotopic (exact) mass is 522 g/mol. The number of benzene rings is 2. The first-order chi connectivity index (χ1) is 17.9. The van der Waals surface area contributed by atoms with E-state index >= 15 is 4.39 Å². The second-order valence-corrected chi connectivity index (χ2v) is 10.8. The number of anilines is 1. The molecule has 1 aliphatic carbocycles. The molecule has 1 unspecified atom stereocenters. The Morgan fingerprint density at radius 1 is 1.05 bits per heavy atom. The van der Waals surface area contributed by atoms with Crippen molar-refractivity contribution in [2.24, 2.45) is 0 Å². The van der Waals surface area contributed by atoms with Crippen LogP contribution in [0.2, 0.25) is 0 Å². The van der Waals surface area contributed by atoms with Crippen LogP contribution in [-0.4, -0.2) is 33.9 Å². The van der Waals surface area contributed by atoms with Gasteiger partial charge in [0.15, 0.2) is 0 Å². The quantitative estimate of drug-likeness (QED) is 0.505. The summed E-state index contributed by atoms with van der Waals surface area (Å²) in [6.07, 6.45) is 0.817. The molecule has 1 atom stereocenters. The second kappa shape index (κ2) is 9.45. The van der Waals surface area contributed by atoms with Crippen molar-refractivity contribution in [2.45, 2.75) is 64.3 Å². The number of aromatic nitrogens is 1. The van der Waals surface area contributed by atoms with Gasteiger partial charge in [-0.3, -0.25) is 14.2 Å². The molecule has 2 N–H and O–H groups in total. The number of aliphatic hydroxyl groups is 1. The number of hydrogen-bond acceptors (Lipinski definition) is 5. The van der Waals surface area contributed by atoms with E-state index in [4.69, 9.17) is 9.31 Å². The van der Waals surface area contributed by atoms with Gasteiger partial charge in [0, 0.05) is 28.1 Å². The van der Waals surface area contributed by atoms with E-state index in [1.165, 1.54) is 47.0 Å². The Morgan fingerprint density at radius 3 is 2.34 bits per heavy atom. The van der Waals surface area contributed by atoms with Gasteiger partial charge in [0.25, 0.3) is 11.5 Å². The summed E-state index contributed by atoms with van der Waals surface area (Å²) in [5, 5.41) is 13.2. The molecule has 1 fully saturated rings. The summed E-state index contributed by atoms with van der Waals surface area (Å²) in [6, 6.07) is 10.9. The summed E-state index contributed by atoms with van der Waals surface area (Å²) in [7, 11) is -0.908. The van der Waals surface area contributed by atoms with Crippen molar-refractivity contribution in [3.8, 4) is 5.69 Å². The van der Waals surface area contributed by atoms with Crippen molar-refractivity contribution in [1.29, 1.82) is 0 Å². The molecular formula is C28H29BF2N2O5. The summed E-state index contributed by atoms with van der Waals surface area (Å²) < 4.78 is 41.8. The second-order valence-electron chi connectivity index (χ2n) is 10.8. The predicted octanol–water partition coefficient (Wildman–Crippen LogP) is 4.04. The van der Waals surface area contributed by atoms with Gasteiger partial charge in [-0.05, 0) is 89.4 Å². The van der Waals surface area contributed by atoms with Gasteiger partial charge in [-0.2, -0.15) is 0 Å². The number of carbonyl (C=O) groups is 1. The lowest BCUT2D eigenvalue weighted by atomic mass is 9.78. The van der Waals surface area contributed by atoms with Crippen LogP contribution in [0, 0.1) is 11.6 Å². The van der Waals surface area contributed by atoms with E-state index in [9.17, 15) is 19.1 Å². The molecule has 1 aliphatic heterocycles. The summed E-state index contributed by atoms with van der Waals surface area (Å²) in [6.45, 7) is 7.48. The Bertz CT molecular complexity index is 1450. The summed E-state index contributed by atoms with van der Waals surface area (Å²) in [5.41, 5.74) is -0.357. The predicted molar refractivity (Wildman–Crippen MR) is 140 cm³/mol. The maximum absolute atomic E-state index is 15.1. The number of fused-ring (bicyclic) bond motifs is 1. The first kappa shape index (κ1) is 26.3. The van der Waals surface area contributed by atoms with Crippen LogP contribution < -0.4 is 16.3 Å². The average molecular weight is 522 g/mol. The molecule has 5 rings (SSSR count). The minimum Gasteiger partial charge on any atom is -0.399 e. The Labute approximate surface area is 219 Å². The van der Waals surface area contributed by atoms with Crippen LogP contribution in [0.1, 0.15) is 68.3 Å². The summed E-state index contributed by atoms with van der Waals surface area (Å²) >= 11 is 0. The van der Waals surface area contributed by atoms with Crippen LogP contribution >= 0.6 is 0 Å². The highest BCUT2D eigenvalue weighted by Crippen LogP contribution is 2.37. The molecule has 2 aliphatic rings. The van der Waals surface area contributed by atoms with E-state index in [1.807, 2.05) is 27.7 Å². The van der Waals surface area contributed by atoms with Gasteiger partial charge >= 0.3 is 7.12 Å². The molecule has 2 aromatic carbocycles. The van der Waals surface area contributed by atoms with Crippen molar-refractivity contribution in [3.05, 3.63) is 87.3 Å². The minimum absolute atomic E-state index is 0.138. The summed E-state index contributed by atoms with van der Waals surface area (Å²) in [4.78, 5) is 26.8. The zero-order chi connectivity index (χ0) is 27.4. The third-order valence-electron chi connectivity index (χ3n) is 7.68. The van der Waals surface area contributed by atoms with Crippen LogP contribution in [-0.2, 0) is 15.7 Å². The standard InChI is InChI=1S/C28H29BF2N2O5/c1-27(2)28(3,4)38-29(37-27)21-13-10-17(14-22(21)31)32-25(35)20-15-19-23(6-5-7-24(19)34)33(26(20)36)18-11-8-16(30)9-12-18/h8-15,24,34H,5-7H2,1-4H3,(H,32,35). The average Bonchev–Trinajstić information content (AvgIpc) is 3.06. The first-order valence-corrected chi connectivity index (χ1v) is 12.6. The lowest BCUT2D eigenvalue weighted by molar-refractivity contribution is 0.00578. The molecule has 3 aromatic rings. The van der Waals surface area contributed by atoms with Gasteiger partial charge in [0.2, 0.25) is 0 Å². The van der Waals surface area contributed by atoms with Crippen LogP contribution in [0.15, 0.2) is 53.3 Å². The van der Waals surface area contributed by atoms with Gasteiger partial charge in [0.1, 0.15) is 17.2 Å². The lowest BCUT2D eigenvalue weighted by Crippen LogP contribution is -2.41. The number of nitrogens with zero attached hydrogens (tertiary/aromatic N) is 1. The lowest BCUT2D eigenvalue weighted by Gasteiger charge is -2.32. The SMILES string of the molecule is CC1(C)OB(c2ccc(NC(=O)c3cc4c(n(-c5ccc(F)cc5)c3=O)CCCC4O)cc2F)OC1(C)C. The zero-order valence-electron chi connectivity index (χ0n) is 21.7. The van der Waals surface area contributed by atoms with Crippen molar-refractivity contribution < 1.29 is 28.0 Å². The number of aliphatic hydroxyl groups excluding tert-OH is 1. The maximum Gasteiger partial charge on any atom is 0.497 e. The maximum atomic E-state index is 15.1.